The van der Waals surface area contributed by atoms with E-state index in [9.17, 15) is 4.79 Å². The van der Waals surface area contributed by atoms with Crippen molar-refractivity contribution in [2.45, 2.75) is 45.7 Å². The molecule has 1 rings (SSSR count). The summed E-state index contributed by atoms with van der Waals surface area (Å²) in [7, 11) is 1.68. The number of carboxylic acids is 1. The van der Waals surface area contributed by atoms with E-state index >= 15 is 0 Å². The molecule has 112 valence electrons. The first-order valence-electron chi connectivity index (χ1n) is 7.12. The van der Waals surface area contributed by atoms with Gasteiger partial charge in [0.05, 0.1) is 13.0 Å². The van der Waals surface area contributed by atoms with Crippen molar-refractivity contribution in [3.05, 3.63) is 29.8 Å². The van der Waals surface area contributed by atoms with Crippen LogP contribution in [0.3, 0.4) is 0 Å². The Balaban J connectivity index is 2.29. The van der Waals surface area contributed by atoms with Gasteiger partial charge in [-0.2, -0.15) is 0 Å². The van der Waals surface area contributed by atoms with E-state index in [1.54, 1.807) is 14.0 Å². The van der Waals surface area contributed by atoms with E-state index in [0.717, 1.165) is 37.1 Å². The van der Waals surface area contributed by atoms with E-state index in [2.05, 4.69) is 12.2 Å². The van der Waals surface area contributed by atoms with Gasteiger partial charge in [0.15, 0.2) is 0 Å². The summed E-state index contributed by atoms with van der Waals surface area (Å²) in [6, 6.07) is 8.32. The number of carboxylic acid groups (broad SMARTS) is 1. The molecule has 1 aromatic carbocycles. The number of ether oxygens (including phenoxy) is 1. The van der Waals surface area contributed by atoms with Gasteiger partial charge in [-0.05, 0) is 25.8 Å². The highest BCUT2D eigenvalue weighted by Gasteiger charge is 2.11. The Kier molecular flexibility index (Phi) is 7.09. The van der Waals surface area contributed by atoms with E-state index in [-0.39, 0.29) is 5.92 Å². The van der Waals surface area contributed by atoms with Gasteiger partial charge in [-0.25, -0.2) is 0 Å². The van der Waals surface area contributed by atoms with Crippen LogP contribution in [-0.2, 0) is 11.3 Å². The Labute approximate surface area is 121 Å². The first-order valence-corrected chi connectivity index (χ1v) is 7.12. The number of aliphatic carboxylic acids is 1. The second-order valence-electron chi connectivity index (χ2n) is 5.26. The van der Waals surface area contributed by atoms with Crippen molar-refractivity contribution < 1.29 is 14.6 Å². The Morgan fingerprint density at radius 1 is 1.30 bits per heavy atom. The molecule has 2 N–H and O–H groups in total. The van der Waals surface area contributed by atoms with Crippen molar-refractivity contribution in [1.29, 1.82) is 0 Å². The SMILES string of the molecule is COc1ccccc1CNC(C)CCCC(C)C(=O)O. The standard InChI is InChI=1S/C16H25NO3/c1-12(16(18)19)7-6-8-13(2)17-11-14-9-4-5-10-15(14)20-3/h4-5,9-10,12-13,17H,6-8,11H2,1-3H3,(H,18,19). The maximum Gasteiger partial charge on any atom is 0.306 e. The quantitative estimate of drug-likeness (QED) is 0.729. The zero-order chi connectivity index (χ0) is 15.0. The lowest BCUT2D eigenvalue weighted by atomic mass is 10.0. The maximum atomic E-state index is 10.7. The van der Waals surface area contributed by atoms with Crippen LogP contribution >= 0.6 is 0 Å². The Bertz CT molecular complexity index is 420. The summed E-state index contributed by atoms with van der Waals surface area (Å²) in [5.41, 5.74) is 1.14. The van der Waals surface area contributed by atoms with Gasteiger partial charge in [0.1, 0.15) is 5.75 Å². The van der Waals surface area contributed by atoms with Gasteiger partial charge in [-0.15, -0.1) is 0 Å². The van der Waals surface area contributed by atoms with Crippen molar-refractivity contribution in [1.82, 2.24) is 5.32 Å². The zero-order valence-corrected chi connectivity index (χ0v) is 12.6. The minimum atomic E-state index is -0.709. The van der Waals surface area contributed by atoms with Crippen LogP contribution in [0, 0.1) is 5.92 Å². The summed E-state index contributed by atoms with van der Waals surface area (Å²) in [5.74, 6) is -0.0669. The lowest BCUT2D eigenvalue weighted by Gasteiger charge is -2.16. The molecule has 0 amide bonds. The number of carbonyl (C=O) groups is 1. The fourth-order valence-electron chi connectivity index (χ4n) is 2.09. The molecule has 0 aliphatic carbocycles. The van der Waals surface area contributed by atoms with Crippen LogP contribution in [0.1, 0.15) is 38.7 Å². The Morgan fingerprint density at radius 2 is 2.00 bits per heavy atom. The van der Waals surface area contributed by atoms with Crippen LogP contribution in [-0.4, -0.2) is 24.2 Å². The molecule has 0 aromatic heterocycles. The number of methoxy groups -OCH3 is 1. The molecule has 0 saturated carbocycles. The molecule has 0 fully saturated rings. The monoisotopic (exact) mass is 279 g/mol. The molecule has 1 aromatic rings. The smallest absolute Gasteiger partial charge is 0.306 e. The average Bonchev–Trinajstić information content (AvgIpc) is 2.45. The normalized spacial score (nSPS) is 13.8. The molecule has 0 aliphatic rings. The number of rotatable bonds is 9. The molecule has 0 bridgehead atoms. The second-order valence-corrected chi connectivity index (χ2v) is 5.26. The molecule has 2 atom stereocenters. The summed E-state index contributed by atoms with van der Waals surface area (Å²) in [4.78, 5) is 10.7. The molecule has 0 saturated heterocycles. The highest BCUT2D eigenvalue weighted by atomic mass is 16.5. The largest absolute Gasteiger partial charge is 0.496 e. The maximum absolute atomic E-state index is 10.7. The van der Waals surface area contributed by atoms with E-state index in [1.165, 1.54) is 0 Å². The minimum Gasteiger partial charge on any atom is -0.496 e. The summed E-state index contributed by atoms with van der Waals surface area (Å²) in [6.45, 7) is 4.65. The molecule has 0 radical (unpaired) electrons. The zero-order valence-electron chi connectivity index (χ0n) is 12.6. The van der Waals surface area contributed by atoms with Crippen molar-refractivity contribution in [3.63, 3.8) is 0 Å². The molecule has 4 nitrogen and oxygen atoms in total. The lowest BCUT2D eigenvalue weighted by Crippen LogP contribution is -2.25. The molecule has 4 heteroatoms. The molecule has 2 unspecified atom stereocenters. The third-order valence-corrected chi connectivity index (χ3v) is 3.53. The number of hydrogen-bond acceptors (Lipinski definition) is 3. The number of nitrogens with one attached hydrogen (secondary N) is 1. The van der Waals surface area contributed by atoms with Gasteiger partial charge in [0.2, 0.25) is 0 Å². The molecule has 0 spiro atoms. The van der Waals surface area contributed by atoms with Gasteiger partial charge in [0, 0.05) is 18.2 Å². The fraction of sp³-hybridized carbons (Fsp3) is 0.562. The molecule has 20 heavy (non-hydrogen) atoms. The Morgan fingerprint density at radius 3 is 2.65 bits per heavy atom. The number of hydrogen-bond donors (Lipinski definition) is 2. The molecular weight excluding hydrogens is 254 g/mol. The number of para-hydroxylation sites is 1. The number of benzene rings is 1. The van der Waals surface area contributed by atoms with Crippen LogP contribution in [0.25, 0.3) is 0 Å². The lowest BCUT2D eigenvalue weighted by molar-refractivity contribution is -0.141. The van der Waals surface area contributed by atoms with E-state index in [1.807, 2.05) is 24.3 Å². The van der Waals surface area contributed by atoms with Crippen LogP contribution in [0.2, 0.25) is 0 Å². The second kappa shape index (κ2) is 8.59. The highest BCUT2D eigenvalue weighted by molar-refractivity contribution is 5.69. The van der Waals surface area contributed by atoms with Gasteiger partial charge >= 0.3 is 5.97 Å². The van der Waals surface area contributed by atoms with E-state index < -0.39 is 5.97 Å². The fourth-order valence-corrected chi connectivity index (χ4v) is 2.09. The molecular formula is C16H25NO3. The minimum absolute atomic E-state index is 0.253. The third-order valence-electron chi connectivity index (χ3n) is 3.53. The van der Waals surface area contributed by atoms with Gasteiger partial charge in [-0.1, -0.05) is 31.5 Å². The van der Waals surface area contributed by atoms with Crippen LogP contribution in [0.4, 0.5) is 0 Å². The van der Waals surface area contributed by atoms with Crippen molar-refractivity contribution in [2.75, 3.05) is 7.11 Å². The molecule has 0 heterocycles. The van der Waals surface area contributed by atoms with Crippen molar-refractivity contribution in [2.24, 2.45) is 5.92 Å². The summed E-state index contributed by atoms with van der Waals surface area (Å²) in [5, 5.41) is 12.3. The predicted octanol–water partition coefficient (Wildman–Crippen LogP) is 3.06. The van der Waals surface area contributed by atoms with Crippen molar-refractivity contribution >= 4 is 5.97 Å². The topological polar surface area (TPSA) is 58.6 Å². The third kappa shape index (κ3) is 5.61. The van der Waals surface area contributed by atoms with Crippen LogP contribution < -0.4 is 10.1 Å². The van der Waals surface area contributed by atoms with E-state index in [4.69, 9.17) is 9.84 Å². The van der Waals surface area contributed by atoms with Gasteiger partial charge in [0.25, 0.3) is 0 Å². The first-order chi connectivity index (χ1) is 9.54. The summed E-state index contributed by atoms with van der Waals surface area (Å²) in [6.07, 6.45) is 2.64. The van der Waals surface area contributed by atoms with Crippen molar-refractivity contribution in [3.8, 4) is 5.75 Å². The summed E-state index contributed by atoms with van der Waals surface area (Å²) < 4.78 is 5.31. The highest BCUT2D eigenvalue weighted by Crippen LogP contribution is 2.17. The van der Waals surface area contributed by atoms with Crippen LogP contribution in [0.15, 0.2) is 24.3 Å². The first kappa shape index (κ1) is 16.5. The average molecular weight is 279 g/mol. The predicted molar refractivity (Wildman–Crippen MR) is 79.9 cm³/mol. The Hall–Kier alpha value is -1.55. The molecule has 0 aliphatic heterocycles. The van der Waals surface area contributed by atoms with Gasteiger partial charge in [-0.3, -0.25) is 4.79 Å². The van der Waals surface area contributed by atoms with Gasteiger partial charge < -0.3 is 15.2 Å². The summed E-state index contributed by atoms with van der Waals surface area (Å²) >= 11 is 0. The van der Waals surface area contributed by atoms with E-state index in [0.29, 0.717) is 6.04 Å². The van der Waals surface area contributed by atoms with Crippen LogP contribution in [0.5, 0.6) is 5.75 Å².